The molecule has 0 spiro atoms. The van der Waals surface area contributed by atoms with Crippen LogP contribution in [0.1, 0.15) is 41.4 Å². The summed E-state index contributed by atoms with van der Waals surface area (Å²) in [6.45, 7) is 5.21. The van der Waals surface area contributed by atoms with Crippen LogP contribution in [0.5, 0.6) is 0 Å². The number of amides is 2. The number of piperidine rings is 1. The van der Waals surface area contributed by atoms with Gasteiger partial charge in [0.05, 0.1) is 11.2 Å². The number of hydrogen-bond donors (Lipinski definition) is 1. The quantitative estimate of drug-likeness (QED) is 0.846. The lowest BCUT2D eigenvalue weighted by Crippen LogP contribution is -2.44. The number of rotatable bonds is 5. The van der Waals surface area contributed by atoms with E-state index in [2.05, 4.69) is 5.32 Å². The number of aryl methyl sites for hydroxylation is 2. The van der Waals surface area contributed by atoms with Crippen LogP contribution in [-0.4, -0.2) is 39.0 Å². The van der Waals surface area contributed by atoms with Crippen molar-refractivity contribution in [2.45, 2.75) is 43.3 Å². The smallest absolute Gasteiger partial charge is 0.317 e. The molecule has 7 heteroatoms. The van der Waals surface area contributed by atoms with Crippen LogP contribution in [0.4, 0.5) is 4.79 Å². The maximum absolute atomic E-state index is 13.3. The van der Waals surface area contributed by atoms with Gasteiger partial charge in [-0.2, -0.15) is 0 Å². The van der Waals surface area contributed by atoms with E-state index in [1.54, 1.807) is 35.2 Å². The Morgan fingerprint density at radius 1 is 1.15 bits per heavy atom. The molecule has 1 aliphatic rings. The van der Waals surface area contributed by atoms with Gasteiger partial charge in [0.1, 0.15) is 11.0 Å². The monoisotopic (exact) mass is 390 g/mol. The van der Waals surface area contributed by atoms with Gasteiger partial charge in [-0.1, -0.05) is 6.07 Å². The number of urea groups is 1. The molecule has 2 aromatic rings. The minimum atomic E-state index is -3.72. The average molecular weight is 391 g/mol. The molecule has 6 nitrogen and oxygen atoms in total. The fraction of sp³-hybridized carbons (Fsp3) is 0.450. The van der Waals surface area contributed by atoms with Crippen molar-refractivity contribution in [1.29, 1.82) is 0 Å². The molecule has 2 heterocycles. The summed E-state index contributed by atoms with van der Waals surface area (Å²) in [5, 5.41) is 1.82. The molecule has 1 atom stereocenters. The van der Waals surface area contributed by atoms with Gasteiger partial charge in [-0.25, -0.2) is 13.2 Å². The summed E-state index contributed by atoms with van der Waals surface area (Å²) in [5.74, 6) is 0.326. The van der Waals surface area contributed by atoms with Gasteiger partial charge in [-0.05, 0) is 68.5 Å². The number of hydrogen-bond acceptors (Lipinski definition) is 4. The Balaban J connectivity index is 1.83. The highest BCUT2D eigenvalue weighted by atomic mass is 32.2. The Kier molecular flexibility index (Phi) is 5.89. The van der Waals surface area contributed by atoms with E-state index in [1.807, 2.05) is 13.8 Å². The molecule has 1 aromatic carbocycles. The van der Waals surface area contributed by atoms with Crippen molar-refractivity contribution in [2.75, 3.05) is 19.6 Å². The van der Waals surface area contributed by atoms with Crippen molar-refractivity contribution < 1.29 is 17.6 Å². The lowest BCUT2D eigenvalue weighted by molar-refractivity contribution is 0.186. The summed E-state index contributed by atoms with van der Waals surface area (Å²) in [7, 11) is -3.72. The predicted octanol–water partition coefficient (Wildman–Crippen LogP) is 3.61. The van der Waals surface area contributed by atoms with Gasteiger partial charge in [0.25, 0.3) is 0 Å². The number of carbonyl (C=O) groups is 1. The molecule has 2 amide bonds. The minimum absolute atomic E-state index is 0.0297. The zero-order valence-electron chi connectivity index (χ0n) is 15.8. The highest BCUT2D eigenvalue weighted by Crippen LogP contribution is 2.30. The van der Waals surface area contributed by atoms with Crippen LogP contribution < -0.4 is 5.32 Å². The van der Waals surface area contributed by atoms with E-state index in [0.29, 0.717) is 18.8 Å². The topological polar surface area (TPSA) is 79.6 Å². The number of nitrogens with zero attached hydrogens (tertiary/aromatic N) is 1. The second-order valence-electron chi connectivity index (χ2n) is 7.03. The molecular formula is C20H26N2O4S. The van der Waals surface area contributed by atoms with Crippen LogP contribution in [0.25, 0.3) is 0 Å². The average Bonchev–Trinajstić information content (AvgIpc) is 3.18. The summed E-state index contributed by atoms with van der Waals surface area (Å²) in [5.41, 5.74) is 1.94. The molecule has 0 unspecified atom stereocenters. The summed E-state index contributed by atoms with van der Waals surface area (Å²) >= 11 is 0. The number of nitrogens with one attached hydrogen (secondary N) is 1. The van der Waals surface area contributed by atoms with Crippen molar-refractivity contribution in [3.8, 4) is 0 Å². The normalized spacial score (nSPS) is 16.1. The molecule has 1 fully saturated rings. The molecule has 146 valence electrons. The molecular weight excluding hydrogens is 364 g/mol. The first-order chi connectivity index (χ1) is 12.9. The van der Waals surface area contributed by atoms with Crippen LogP contribution in [0.15, 0.2) is 45.9 Å². The Hall–Kier alpha value is -2.28. The first kappa shape index (κ1) is 19.5. The van der Waals surface area contributed by atoms with Crippen molar-refractivity contribution >= 4 is 15.9 Å². The summed E-state index contributed by atoms with van der Waals surface area (Å²) < 4.78 is 31.9. The maximum atomic E-state index is 13.3. The molecule has 1 N–H and O–H groups in total. The number of benzene rings is 1. The van der Waals surface area contributed by atoms with Crippen LogP contribution in [0.2, 0.25) is 0 Å². The van der Waals surface area contributed by atoms with Gasteiger partial charge in [0.2, 0.25) is 0 Å². The summed E-state index contributed by atoms with van der Waals surface area (Å²) in [4.78, 5) is 14.4. The molecule has 0 aliphatic carbocycles. The number of likely N-dealkylation sites (tertiary alicyclic amines) is 1. The number of carbonyl (C=O) groups excluding carboxylic acids is 1. The van der Waals surface area contributed by atoms with Gasteiger partial charge in [-0.15, -0.1) is 0 Å². The zero-order chi connectivity index (χ0) is 19.4. The fourth-order valence-electron chi connectivity index (χ4n) is 3.28. The molecule has 1 saturated heterocycles. The van der Waals surface area contributed by atoms with Crippen LogP contribution in [0.3, 0.4) is 0 Å². The molecule has 0 bridgehead atoms. The van der Waals surface area contributed by atoms with Crippen LogP contribution >= 0.6 is 0 Å². The molecule has 1 aromatic heterocycles. The van der Waals surface area contributed by atoms with Crippen molar-refractivity contribution in [1.82, 2.24) is 10.2 Å². The second kappa shape index (κ2) is 8.17. The standard InChI is InChI=1S/C20H26N2O4S/c1-15-8-9-17(13-16(15)2)27(24,25)19(18-7-6-12-26-18)14-21-20(23)22-10-4-3-5-11-22/h6-9,12-13,19H,3-5,10-11,14H2,1-2H3,(H,21,23)/t19-/m1/s1. The number of furan rings is 1. The SMILES string of the molecule is Cc1ccc(S(=O)(=O)[C@H](CNC(=O)N2CCCCC2)c2ccco2)cc1C. The highest BCUT2D eigenvalue weighted by Gasteiger charge is 2.32. The lowest BCUT2D eigenvalue weighted by Gasteiger charge is -2.27. The molecule has 0 saturated carbocycles. The van der Waals surface area contributed by atoms with Crippen molar-refractivity contribution in [2.24, 2.45) is 0 Å². The largest absolute Gasteiger partial charge is 0.468 e. The van der Waals surface area contributed by atoms with Crippen molar-refractivity contribution in [3.63, 3.8) is 0 Å². The van der Waals surface area contributed by atoms with Gasteiger partial charge in [0.15, 0.2) is 9.84 Å². The van der Waals surface area contributed by atoms with Gasteiger partial charge >= 0.3 is 6.03 Å². The van der Waals surface area contributed by atoms with E-state index in [9.17, 15) is 13.2 Å². The highest BCUT2D eigenvalue weighted by molar-refractivity contribution is 7.91. The van der Waals surface area contributed by atoms with E-state index >= 15 is 0 Å². The summed E-state index contributed by atoms with van der Waals surface area (Å²) in [6.07, 6.45) is 4.54. The summed E-state index contributed by atoms with van der Waals surface area (Å²) in [6, 6.07) is 8.16. The van der Waals surface area contributed by atoms with Gasteiger partial charge in [0, 0.05) is 19.6 Å². The lowest BCUT2D eigenvalue weighted by atomic mass is 10.1. The Morgan fingerprint density at radius 3 is 2.52 bits per heavy atom. The van der Waals surface area contributed by atoms with E-state index < -0.39 is 15.1 Å². The fourth-order valence-corrected chi connectivity index (χ4v) is 4.95. The third-order valence-electron chi connectivity index (χ3n) is 5.12. The second-order valence-corrected chi connectivity index (χ2v) is 9.16. The maximum Gasteiger partial charge on any atom is 0.317 e. The first-order valence-corrected chi connectivity index (χ1v) is 10.8. The Morgan fingerprint density at radius 2 is 1.89 bits per heavy atom. The minimum Gasteiger partial charge on any atom is -0.468 e. The Bertz CT molecular complexity index is 885. The molecule has 0 radical (unpaired) electrons. The van der Waals surface area contributed by atoms with E-state index in [0.717, 1.165) is 30.4 Å². The molecule has 3 rings (SSSR count). The van der Waals surface area contributed by atoms with E-state index in [4.69, 9.17) is 4.42 Å². The van der Waals surface area contributed by atoms with Crippen LogP contribution in [-0.2, 0) is 9.84 Å². The third-order valence-corrected chi connectivity index (χ3v) is 7.18. The van der Waals surface area contributed by atoms with E-state index in [1.165, 1.54) is 6.26 Å². The van der Waals surface area contributed by atoms with Gasteiger partial charge in [-0.3, -0.25) is 0 Å². The predicted molar refractivity (Wildman–Crippen MR) is 103 cm³/mol. The number of sulfone groups is 1. The van der Waals surface area contributed by atoms with Crippen LogP contribution in [0, 0.1) is 13.8 Å². The first-order valence-electron chi connectivity index (χ1n) is 9.27. The third kappa shape index (κ3) is 4.35. The van der Waals surface area contributed by atoms with Gasteiger partial charge < -0.3 is 14.6 Å². The zero-order valence-corrected chi connectivity index (χ0v) is 16.6. The molecule has 1 aliphatic heterocycles. The van der Waals surface area contributed by atoms with E-state index in [-0.39, 0.29) is 17.5 Å². The molecule has 27 heavy (non-hydrogen) atoms. The Labute approximate surface area is 160 Å². The van der Waals surface area contributed by atoms with Crippen molar-refractivity contribution in [3.05, 3.63) is 53.5 Å².